The van der Waals surface area contributed by atoms with E-state index in [0.717, 1.165) is 36.3 Å². The molecule has 1 amide bonds. The zero-order chi connectivity index (χ0) is 16.5. The molecule has 3 heterocycles. The number of fused-ring (bicyclic) bond motifs is 1. The highest BCUT2D eigenvalue weighted by Crippen LogP contribution is 2.34. The fourth-order valence-corrected chi connectivity index (χ4v) is 4.33. The van der Waals surface area contributed by atoms with Gasteiger partial charge in [-0.15, -0.1) is 0 Å². The summed E-state index contributed by atoms with van der Waals surface area (Å²) in [6.07, 6.45) is 6.11. The van der Waals surface area contributed by atoms with Crippen LogP contribution in [0, 0.1) is 0 Å². The molecule has 1 atom stereocenters. The number of amides is 1. The van der Waals surface area contributed by atoms with Crippen LogP contribution in [0.1, 0.15) is 18.4 Å². The lowest BCUT2D eigenvalue weighted by molar-refractivity contribution is -0.123. The molecule has 4 rings (SSSR count). The molecule has 124 valence electrons. The van der Waals surface area contributed by atoms with E-state index in [4.69, 9.17) is 21.7 Å². The number of hydrogen-bond acceptors (Lipinski definition) is 5. The lowest BCUT2D eigenvalue weighted by Crippen LogP contribution is -2.35. The fourth-order valence-electron chi connectivity index (χ4n) is 3.03. The molecule has 1 unspecified atom stereocenters. The van der Waals surface area contributed by atoms with E-state index in [9.17, 15) is 4.79 Å². The van der Waals surface area contributed by atoms with Crippen LogP contribution in [0.2, 0.25) is 0 Å². The van der Waals surface area contributed by atoms with Crippen LogP contribution in [0.5, 0.6) is 5.75 Å². The Balaban J connectivity index is 1.52. The van der Waals surface area contributed by atoms with E-state index in [-0.39, 0.29) is 12.0 Å². The predicted octanol–water partition coefficient (Wildman–Crippen LogP) is 3.39. The number of thiocarbonyl (C=S) groups is 1. The third-order valence-electron chi connectivity index (χ3n) is 4.25. The Hall–Kier alpha value is -1.63. The smallest absolute Gasteiger partial charge is 0.266 e. The maximum atomic E-state index is 12.6. The van der Waals surface area contributed by atoms with Crippen LogP contribution in [-0.4, -0.2) is 41.0 Å². The fraction of sp³-hybridized carbons (Fsp3) is 0.333. The standard InChI is InChI=1S/C18H17NO3S2/c20-17-16(24-18(23)19(17)10-14-5-3-7-21-14)9-12-8-13-4-1-2-6-15(13)22-11-12/h1-2,4,6,8-9,14H,3,5,7,10-11H2. The molecule has 24 heavy (non-hydrogen) atoms. The lowest BCUT2D eigenvalue weighted by Gasteiger charge is -2.18. The van der Waals surface area contributed by atoms with Crippen molar-refractivity contribution in [1.29, 1.82) is 0 Å². The maximum absolute atomic E-state index is 12.6. The summed E-state index contributed by atoms with van der Waals surface area (Å²) < 4.78 is 12.0. The number of para-hydroxylation sites is 1. The second-order valence-electron chi connectivity index (χ2n) is 5.97. The van der Waals surface area contributed by atoms with Crippen molar-refractivity contribution in [2.75, 3.05) is 19.8 Å². The van der Waals surface area contributed by atoms with Crippen LogP contribution in [0.15, 0.2) is 40.8 Å². The van der Waals surface area contributed by atoms with Crippen LogP contribution in [0.4, 0.5) is 0 Å². The average molecular weight is 359 g/mol. The van der Waals surface area contributed by atoms with E-state index >= 15 is 0 Å². The summed E-state index contributed by atoms with van der Waals surface area (Å²) in [5, 5.41) is 0. The van der Waals surface area contributed by atoms with Crippen molar-refractivity contribution in [3.63, 3.8) is 0 Å². The maximum Gasteiger partial charge on any atom is 0.266 e. The number of benzene rings is 1. The monoisotopic (exact) mass is 359 g/mol. The molecule has 0 radical (unpaired) electrons. The van der Waals surface area contributed by atoms with Gasteiger partial charge in [0.15, 0.2) is 0 Å². The molecular formula is C18H17NO3S2. The number of thioether (sulfide) groups is 1. The van der Waals surface area contributed by atoms with Crippen molar-refractivity contribution in [2.45, 2.75) is 18.9 Å². The molecule has 3 aliphatic rings. The molecule has 1 aromatic carbocycles. The molecule has 3 aliphatic heterocycles. The molecule has 0 aromatic heterocycles. The Labute approximate surface area is 150 Å². The van der Waals surface area contributed by atoms with Gasteiger partial charge < -0.3 is 9.47 Å². The van der Waals surface area contributed by atoms with Gasteiger partial charge in [-0.3, -0.25) is 9.69 Å². The molecule has 6 heteroatoms. The Bertz CT molecular complexity index is 750. The van der Waals surface area contributed by atoms with E-state index in [0.29, 0.717) is 22.4 Å². The van der Waals surface area contributed by atoms with Gasteiger partial charge in [-0.05, 0) is 36.6 Å². The Morgan fingerprint density at radius 3 is 3.08 bits per heavy atom. The number of hydrogen-bond donors (Lipinski definition) is 0. The molecule has 2 saturated heterocycles. The van der Waals surface area contributed by atoms with Crippen molar-refractivity contribution < 1.29 is 14.3 Å². The van der Waals surface area contributed by atoms with E-state index in [1.165, 1.54) is 11.8 Å². The number of rotatable bonds is 3. The molecule has 0 aliphatic carbocycles. The zero-order valence-corrected chi connectivity index (χ0v) is 14.7. The Morgan fingerprint density at radius 1 is 1.38 bits per heavy atom. The number of carbonyl (C=O) groups excluding carboxylic acids is 1. The van der Waals surface area contributed by atoms with Crippen LogP contribution in [0.3, 0.4) is 0 Å². The first-order valence-corrected chi connectivity index (χ1v) is 9.22. The van der Waals surface area contributed by atoms with Gasteiger partial charge in [0.05, 0.1) is 17.6 Å². The summed E-state index contributed by atoms with van der Waals surface area (Å²) in [5.74, 6) is 0.848. The molecule has 0 saturated carbocycles. The van der Waals surface area contributed by atoms with Crippen molar-refractivity contribution >= 4 is 40.3 Å². The minimum atomic E-state index is -0.0275. The molecule has 1 aromatic rings. The Morgan fingerprint density at radius 2 is 2.25 bits per heavy atom. The van der Waals surface area contributed by atoms with E-state index in [1.54, 1.807) is 4.90 Å². The summed E-state index contributed by atoms with van der Waals surface area (Å²) in [4.78, 5) is 15.0. The second kappa shape index (κ2) is 6.70. The molecule has 0 N–H and O–H groups in total. The second-order valence-corrected chi connectivity index (χ2v) is 7.65. The minimum absolute atomic E-state index is 0.0275. The van der Waals surface area contributed by atoms with Crippen molar-refractivity contribution in [3.05, 3.63) is 46.4 Å². The molecule has 2 fully saturated rings. The largest absolute Gasteiger partial charge is 0.488 e. The van der Waals surface area contributed by atoms with Crippen LogP contribution in [0.25, 0.3) is 6.08 Å². The highest BCUT2D eigenvalue weighted by molar-refractivity contribution is 8.26. The van der Waals surface area contributed by atoms with E-state index < -0.39 is 0 Å². The number of carbonyl (C=O) groups is 1. The van der Waals surface area contributed by atoms with Gasteiger partial charge in [0.1, 0.15) is 16.7 Å². The van der Waals surface area contributed by atoms with Crippen molar-refractivity contribution in [2.24, 2.45) is 0 Å². The van der Waals surface area contributed by atoms with E-state index in [2.05, 4.69) is 6.08 Å². The molecule has 0 bridgehead atoms. The third kappa shape index (κ3) is 3.14. The zero-order valence-electron chi connectivity index (χ0n) is 13.1. The summed E-state index contributed by atoms with van der Waals surface area (Å²) in [5.41, 5.74) is 2.01. The summed E-state index contributed by atoms with van der Waals surface area (Å²) >= 11 is 6.74. The van der Waals surface area contributed by atoms with Gasteiger partial charge in [-0.2, -0.15) is 0 Å². The topological polar surface area (TPSA) is 38.8 Å². The van der Waals surface area contributed by atoms with Gasteiger partial charge in [0, 0.05) is 12.2 Å². The van der Waals surface area contributed by atoms with Crippen molar-refractivity contribution in [1.82, 2.24) is 4.90 Å². The minimum Gasteiger partial charge on any atom is -0.488 e. The quantitative estimate of drug-likeness (QED) is 0.611. The van der Waals surface area contributed by atoms with Crippen LogP contribution < -0.4 is 4.74 Å². The van der Waals surface area contributed by atoms with Gasteiger partial charge in [-0.25, -0.2) is 0 Å². The highest BCUT2D eigenvalue weighted by Gasteiger charge is 2.34. The van der Waals surface area contributed by atoms with Gasteiger partial charge in [0.2, 0.25) is 0 Å². The number of nitrogens with zero attached hydrogens (tertiary/aromatic N) is 1. The summed E-state index contributed by atoms with van der Waals surface area (Å²) in [6, 6.07) is 7.88. The molecule has 4 nitrogen and oxygen atoms in total. The SMILES string of the molecule is O=C1C(=CC2=Cc3ccccc3OC2)SC(=S)N1CC1CCCO1. The van der Waals surface area contributed by atoms with Gasteiger partial charge in [0.25, 0.3) is 5.91 Å². The first kappa shape index (κ1) is 15.9. The average Bonchev–Trinajstić information content (AvgIpc) is 3.19. The van der Waals surface area contributed by atoms with Crippen molar-refractivity contribution in [3.8, 4) is 5.75 Å². The highest BCUT2D eigenvalue weighted by atomic mass is 32.2. The van der Waals surface area contributed by atoms with Crippen LogP contribution in [-0.2, 0) is 9.53 Å². The number of ether oxygens (including phenoxy) is 2. The van der Waals surface area contributed by atoms with Gasteiger partial charge in [-0.1, -0.05) is 42.2 Å². The first-order valence-electron chi connectivity index (χ1n) is 8.00. The lowest BCUT2D eigenvalue weighted by atomic mass is 10.1. The van der Waals surface area contributed by atoms with E-state index in [1.807, 2.05) is 30.3 Å². The summed E-state index contributed by atoms with van der Waals surface area (Å²) in [7, 11) is 0. The first-order chi connectivity index (χ1) is 11.7. The third-order valence-corrected chi connectivity index (χ3v) is 5.63. The Kier molecular flexibility index (Phi) is 4.43. The molecular weight excluding hydrogens is 342 g/mol. The van der Waals surface area contributed by atoms with Crippen LogP contribution >= 0.6 is 24.0 Å². The predicted molar refractivity (Wildman–Crippen MR) is 98.9 cm³/mol. The normalized spacial score (nSPS) is 25.0. The van der Waals surface area contributed by atoms with Gasteiger partial charge >= 0.3 is 0 Å². The molecule has 0 spiro atoms. The summed E-state index contributed by atoms with van der Waals surface area (Å²) in [6.45, 7) is 1.80.